The summed E-state index contributed by atoms with van der Waals surface area (Å²) in [4.78, 5) is 6.86. The highest BCUT2D eigenvalue weighted by atomic mass is 32.1. The summed E-state index contributed by atoms with van der Waals surface area (Å²) in [6.07, 6.45) is 3.91. The zero-order chi connectivity index (χ0) is 21.9. The smallest absolute Gasteiger partial charge is 0.193 e. The summed E-state index contributed by atoms with van der Waals surface area (Å²) in [7, 11) is 3.38. The predicted molar refractivity (Wildman–Crippen MR) is 126 cm³/mol. The fourth-order valence-electron chi connectivity index (χ4n) is 4.09. The molecule has 7 heteroatoms. The second-order valence-corrected chi connectivity index (χ2v) is 8.52. The van der Waals surface area contributed by atoms with Crippen molar-refractivity contribution < 1.29 is 14.2 Å². The van der Waals surface area contributed by atoms with E-state index in [1.54, 1.807) is 25.6 Å². The van der Waals surface area contributed by atoms with Gasteiger partial charge >= 0.3 is 0 Å². The molecule has 2 aromatic heterocycles. The van der Waals surface area contributed by atoms with Crippen LogP contribution < -0.4 is 14.2 Å². The van der Waals surface area contributed by atoms with E-state index in [0.717, 1.165) is 58.7 Å². The van der Waals surface area contributed by atoms with Gasteiger partial charge < -0.3 is 14.2 Å². The SMILES string of the molecule is COc1cccc(-c2cc3c(c(OC)c2)OCCN(Cc2cccn2-c2nccs2)C3)c1. The van der Waals surface area contributed by atoms with Crippen molar-refractivity contribution >= 4 is 11.3 Å². The molecule has 0 spiro atoms. The van der Waals surface area contributed by atoms with Crippen molar-refractivity contribution in [3.05, 3.63) is 77.6 Å². The van der Waals surface area contributed by atoms with Gasteiger partial charge in [0, 0.05) is 48.7 Å². The van der Waals surface area contributed by atoms with E-state index in [0.29, 0.717) is 6.61 Å². The van der Waals surface area contributed by atoms with Gasteiger partial charge in [0.15, 0.2) is 16.6 Å². The Labute approximate surface area is 191 Å². The van der Waals surface area contributed by atoms with E-state index in [1.165, 1.54) is 5.69 Å². The number of thiazole rings is 1. The Bertz CT molecular complexity index is 1200. The molecule has 0 N–H and O–H groups in total. The number of rotatable bonds is 6. The third-order valence-corrected chi connectivity index (χ3v) is 6.42. The van der Waals surface area contributed by atoms with Crippen LogP contribution in [0.15, 0.2) is 66.3 Å². The van der Waals surface area contributed by atoms with Crippen molar-refractivity contribution in [1.29, 1.82) is 0 Å². The van der Waals surface area contributed by atoms with Crippen LogP contribution in [-0.4, -0.2) is 41.8 Å². The summed E-state index contributed by atoms with van der Waals surface area (Å²) in [5.41, 5.74) is 4.49. The molecule has 164 valence electrons. The van der Waals surface area contributed by atoms with Crippen molar-refractivity contribution in [1.82, 2.24) is 14.5 Å². The molecule has 0 saturated heterocycles. The fraction of sp³-hybridized carbons (Fsp3) is 0.240. The molecule has 0 aliphatic carbocycles. The molecule has 0 radical (unpaired) electrons. The summed E-state index contributed by atoms with van der Waals surface area (Å²) >= 11 is 1.64. The Balaban J connectivity index is 1.46. The minimum atomic E-state index is 0.611. The Hall–Kier alpha value is -3.29. The number of fused-ring (bicyclic) bond motifs is 1. The predicted octanol–water partition coefficient (Wildman–Crippen LogP) is 5.01. The molecule has 0 fully saturated rings. The fourth-order valence-corrected chi connectivity index (χ4v) is 4.75. The number of methoxy groups -OCH3 is 2. The first-order chi connectivity index (χ1) is 15.7. The zero-order valence-electron chi connectivity index (χ0n) is 18.2. The van der Waals surface area contributed by atoms with Crippen molar-refractivity contribution in [2.75, 3.05) is 27.4 Å². The lowest BCUT2D eigenvalue weighted by Gasteiger charge is -2.20. The lowest BCUT2D eigenvalue weighted by Crippen LogP contribution is -2.26. The number of aromatic nitrogens is 2. The largest absolute Gasteiger partial charge is 0.497 e. The molecule has 0 bridgehead atoms. The van der Waals surface area contributed by atoms with Crippen molar-refractivity contribution in [3.63, 3.8) is 0 Å². The van der Waals surface area contributed by atoms with Gasteiger partial charge in [0.1, 0.15) is 12.4 Å². The molecule has 1 aliphatic heterocycles. The molecular weight excluding hydrogens is 422 g/mol. The maximum atomic E-state index is 6.15. The van der Waals surface area contributed by atoms with Crippen molar-refractivity contribution in [2.45, 2.75) is 13.1 Å². The van der Waals surface area contributed by atoms with Gasteiger partial charge in [-0.05, 0) is 47.5 Å². The van der Waals surface area contributed by atoms with E-state index in [9.17, 15) is 0 Å². The van der Waals surface area contributed by atoms with E-state index in [4.69, 9.17) is 14.2 Å². The third kappa shape index (κ3) is 4.09. The molecule has 0 atom stereocenters. The van der Waals surface area contributed by atoms with Gasteiger partial charge in [0.25, 0.3) is 0 Å². The second-order valence-electron chi connectivity index (χ2n) is 7.64. The molecule has 5 rings (SSSR count). The molecule has 0 amide bonds. The minimum Gasteiger partial charge on any atom is -0.497 e. The van der Waals surface area contributed by atoms with Gasteiger partial charge in [-0.1, -0.05) is 12.1 Å². The summed E-state index contributed by atoms with van der Waals surface area (Å²) in [5.74, 6) is 2.42. The summed E-state index contributed by atoms with van der Waals surface area (Å²) < 4.78 is 19.4. The Morgan fingerprint density at radius 1 is 1.06 bits per heavy atom. The minimum absolute atomic E-state index is 0.611. The lowest BCUT2D eigenvalue weighted by atomic mass is 10.0. The zero-order valence-corrected chi connectivity index (χ0v) is 19.0. The van der Waals surface area contributed by atoms with Gasteiger partial charge in [0.05, 0.1) is 14.2 Å². The molecule has 32 heavy (non-hydrogen) atoms. The Morgan fingerprint density at radius 3 is 2.81 bits per heavy atom. The Morgan fingerprint density at radius 2 is 2.00 bits per heavy atom. The topological polar surface area (TPSA) is 48.8 Å². The monoisotopic (exact) mass is 447 g/mol. The lowest BCUT2D eigenvalue weighted by molar-refractivity contribution is 0.214. The van der Waals surface area contributed by atoms with Gasteiger partial charge in [-0.2, -0.15) is 0 Å². The first-order valence-electron chi connectivity index (χ1n) is 10.5. The molecule has 4 aromatic rings. The molecule has 3 heterocycles. The number of hydrogen-bond acceptors (Lipinski definition) is 6. The molecule has 2 aromatic carbocycles. The number of ether oxygens (including phenoxy) is 3. The van der Waals surface area contributed by atoms with Crippen LogP contribution in [-0.2, 0) is 13.1 Å². The molecular formula is C25H25N3O3S. The van der Waals surface area contributed by atoms with E-state index in [2.05, 4.69) is 44.9 Å². The molecule has 1 aliphatic rings. The number of hydrogen-bond donors (Lipinski definition) is 0. The van der Waals surface area contributed by atoms with Gasteiger partial charge in [0.2, 0.25) is 0 Å². The van der Waals surface area contributed by atoms with E-state index in [-0.39, 0.29) is 0 Å². The third-order valence-electron chi connectivity index (χ3n) is 5.65. The first kappa shape index (κ1) is 20.6. The van der Waals surface area contributed by atoms with Gasteiger partial charge in [-0.3, -0.25) is 9.47 Å². The van der Waals surface area contributed by atoms with Crippen molar-refractivity contribution in [3.8, 4) is 33.5 Å². The van der Waals surface area contributed by atoms with Crippen LogP contribution in [0.25, 0.3) is 16.3 Å². The van der Waals surface area contributed by atoms with Crippen LogP contribution in [0.4, 0.5) is 0 Å². The summed E-state index contributed by atoms with van der Waals surface area (Å²) in [6.45, 7) is 3.02. The summed E-state index contributed by atoms with van der Waals surface area (Å²) in [6, 6.07) is 16.5. The quantitative estimate of drug-likeness (QED) is 0.416. The van der Waals surface area contributed by atoms with E-state index < -0.39 is 0 Å². The maximum Gasteiger partial charge on any atom is 0.193 e. The number of benzene rings is 2. The molecule has 0 saturated carbocycles. The molecule has 0 unspecified atom stereocenters. The van der Waals surface area contributed by atoms with Gasteiger partial charge in [-0.25, -0.2) is 4.98 Å². The van der Waals surface area contributed by atoms with Gasteiger partial charge in [-0.15, -0.1) is 11.3 Å². The van der Waals surface area contributed by atoms with Crippen LogP contribution in [0.1, 0.15) is 11.3 Å². The normalized spacial score (nSPS) is 13.8. The van der Waals surface area contributed by atoms with E-state index >= 15 is 0 Å². The second kappa shape index (κ2) is 9.06. The van der Waals surface area contributed by atoms with Crippen LogP contribution in [0, 0.1) is 0 Å². The van der Waals surface area contributed by atoms with Crippen molar-refractivity contribution in [2.24, 2.45) is 0 Å². The Kier molecular flexibility index (Phi) is 5.83. The highest BCUT2D eigenvalue weighted by Crippen LogP contribution is 2.39. The standard InChI is InChI=1S/C25H25N3O3S/c1-29-22-7-3-5-18(14-22)19-13-20-16-27(10-11-31-24(20)23(15-19)30-2)17-21-6-4-9-28(21)25-26-8-12-32-25/h3-9,12-15H,10-11,16-17H2,1-2H3. The van der Waals surface area contributed by atoms with Crippen LogP contribution >= 0.6 is 11.3 Å². The van der Waals surface area contributed by atoms with Crippen LogP contribution in [0.2, 0.25) is 0 Å². The summed E-state index contributed by atoms with van der Waals surface area (Å²) in [5, 5.41) is 2.99. The molecule has 6 nitrogen and oxygen atoms in total. The first-order valence-corrected chi connectivity index (χ1v) is 11.4. The van der Waals surface area contributed by atoms with Crippen LogP contribution in [0.5, 0.6) is 17.2 Å². The average Bonchev–Trinajstić information content (AvgIpc) is 3.47. The number of nitrogens with zero attached hydrogens (tertiary/aromatic N) is 3. The van der Waals surface area contributed by atoms with E-state index in [1.807, 2.05) is 35.8 Å². The highest BCUT2D eigenvalue weighted by Gasteiger charge is 2.22. The maximum absolute atomic E-state index is 6.15. The van der Waals surface area contributed by atoms with Crippen LogP contribution in [0.3, 0.4) is 0 Å². The average molecular weight is 448 g/mol. The highest BCUT2D eigenvalue weighted by molar-refractivity contribution is 7.12.